The third kappa shape index (κ3) is 1.82. The van der Waals surface area contributed by atoms with Gasteiger partial charge in [-0.25, -0.2) is 9.69 Å². The molecule has 0 spiro atoms. The first-order chi connectivity index (χ1) is 8.00. The number of carbonyl (C=O) groups is 3. The van der Waals surface area contributed by atoms with Crippen LogP contribution in [0.2, 0.25) is 0 Å². The van der Waals surface area contributed by atoms with E-state index in [-0.39, 0.29) is 11.3 Å². The Morgan fingerprint density at radius 3 is 2.29 bits per heavy atom. The largest absolute Gasteiger partial charge is 0.478 e. The second-order valence-electron chi connectivity index (χ2n) is 3.65. The highest BCUT2D eigenvalue weighted by Gasteiger charge is 2.25. The Bertz CT molecular complexity index is 542. The number of carbonyl (C=O) groups excluding carboxylic acids is 2. The van der Waals surface area contributed by atoms with Crippen LogP contribution in [-0.2, 0) is 9.59 Å². The van der Waals surface area contributed by atoms with Gasteiger partial charge in [-0.15, -0.1) is 0 Å². The highest BCUT2D eigenvalue weighted by atomic mass is 16.4. The van der Waals surface area contributed by atoms with Gasteiger partial charge in [-0.05, 0) is 24.6 Å². The van der Waals surface area contributed by atoms with E-state index in [2.05, 4.69) is 0 Å². The van der Waals surface area contributed by atoms with Crippen molar-refractivity contribution in [3.8, 4) is 0 Å². The summed E-state index contributed by atoms with van der Waals surface area (Å²) in [5.74, 6) is -2.01. The third-order valence-electron chi connectivity index (χ3n) is 2.52. The first-order valence-electron chi connectivity index (χ1n) is 4.91. The van der Waals surface area contributed by atoms with Gasteiger partial charge in [0.2, 0.25) is 0 Å². The van der Waals surface area contributed by atoms with Crippen molar-refractivity contribution in [1.29, 1.82) is 0 Å². The molecule has 0 saturated heterocycles. The summed E-state index contributed by atoms with van der Waals surface area (Å²) in [6, 6.07) is 4.43. The van der Waals surface area contributed by atoms with Gasteiger partial charge in [0.25, 0.3) is 11.8 Å². The molecule has 1 aromatic carbocycles. The van der Waals surface area contributed by atoms with Crippen LogP contribution >= 0.6 is 0 Å². The van der Waals surface area contributed by atoms with Crippen molar-refractivity contribution < 1.29 is 19.5 Å². The van der Waals surface area contributed by atoms with E-state index in [1.807, 2.05) is 0 Å². The number of rotatable bonds is 2. The molecule has 1 N–H and O–H groups in total. The highest BCUT2D eigenvalue weighted by Crippen LogP contribution is 2.22. The van der Waals surface area contributed by atoms with E-state index in [1.165, 1.54) is 6.07 Å². The maximum absolute atomic E-state index is 11.4. The molecule has 0 aromatic heterocycles. The van der Waals surface area contributed by atoms with Crippen LogP contribution in [0.15, 0.2) is 30.4 Å². The number of imide groups is 1. The first kappa shape index (κ1) is 11.1. The van der Waals surface area contributed by atoms with E-state index in [0.29, 0.717) is 5.56 Å². The Balaban J connectivity index is 2.47. The second-order valence-corrected chi connectivity index (χ2v) is 3.65. The molecule has 2 rings (SSSR count). The first-order valence-corrected chi connectivity index (χ1v) is 4.91. The van der Waals surface area contributed by atoms with Crippen LogP contribution in [0, 0.1) is 6.92 Å². The fourth-order valence-corrected chi connectivity index (χ4v) is 1.63. The smallest absolute Gasteiger partial charge is 0.336 e. The third-order valence-corrected chi connectivity index (χ3v) is 2.52. The maximum Gasteiger partial charge on any atom is 0.336 e. The Morgan fingerprint density at radius 2 is 1.76 bits per heavy atom. The predicted molar refractivity (Wildman–Crippen MR) is 59.8 cm³/mol. The van der Waals surface area contributed by atoms with E-state index in [9.17, 15) is 14.4 Å². The van der Waals surface area contributed by atoms with Crippen molar-refractivity contribution in [3.63, 3.8) is 0 Å². The van der Waals surface area contributed by atoms with E-state index < -0.39 is 17.8 Å². The lowest BCUT2D eigenvalue weighted by atomic mass is 10.1. The lowest BCUT2D eigenvalue weighted by Gasteiger charge is -2.15. The summed E-state index contributed by atoms with van der Waals surface area (Å²) < 4.78 is 0. The van der Waals surface area contributed by atoms with Crippen LogP contribution in [0.1, 0.15) is 15.9 Å². The zero-order valence-corrected chi connectivity index (χ0v) is 9.01. The van der Waals surface area contributed by atoms with E-state index in [1.54, 1.807) is 19.1 Å². The van der Waals surface area contributed by atoms with Gasteiger partial charge in [0, 0.05) is 12.2 Å². The standard InChI is InChI=1S/C12H9NO4/c1-7-2-3-8(6-9(7)12(16)17)13-10(14)4-5-11(13)15/h2-6H,1H3,(H,16,17). The average molecular weight is 231 g/mol. The Hall–Kier alpha value is -2.43. The predicted octanol–water partition coefficient (Wildman–Crippen LogP) is 1.12. The van der Waals surface area contributed by atoms with Gasteiger partial charge in [0.15, 0.2) is 0 Å². The lowest BCUT2D eigenvalue weighted by Crippen LogP contribution is -2.29. The molecule has 0 fully saturated rings. The van der Waals surface area contributed by atoms with E-state index in [0.717, 1.165) is 17.1 Å². The molecule has 1 aliphatic heterocycles. The van der Waals surface area contributed by atoms with Crippen LogP contribution in [-0.4, -0.2) is 22.9 Å². The number of carboxylic acids is 1. The second kappa shape index (κ2) is 3.86. The quantitative estimate of drug-likeness (QED) is 0.774. The van der Waals surface area contributed by atoms with Crippen molar-refractivity contribution >= 4 is 23.5 Å². The highest BCUT2D eigenvalue weighted by molar-refractivity contribution is 6.28. The van der Waals surface area contributed by atoms with Crippen molar-refractivity contribution in [3.05, 3.63) is 41.5 Å². The van der Waals surface area contributed by atoms with Gasteiger partial charge in [0.05, 0.1) is 11.3 Å². The molecule has 86 valence electrons. The summed E-state index contributed by atoms with van der Waals surface area (Å²) in [5.41, 5.74) is 0.927. The number of carboxylic acid groups (broad SMARTS) is 1. The fourth-order valence-electron chi connectivity index (χ4n) is 1.63. The zero-order chi connectivity index (χ0) is 12.6. The SMILES string of the molecule is Cc1ccc(N2C(=O)C=CC2=O)cc1C(=O)O. The number of amides is 2. The molecule has 0 unspecified atom stereocenters. The van der Waals surface area contributed by atoms with Crippen molar-refractivity contribution in [2.75, 3.05) is 4.90 Å². The summed E-state index contributed by atoms with van der Waals surface area (Å²) in [5, 5.41) is 8.96. The van der Waals surface area contributed by atoms with Crippen LogP contribution in [0.25, 0.3) is 0 Å². The molecular weight excluding hydrogens is 222 g/mol. The maximum atomic E-state index is 11.4. The van der Waals surface area contributed by atoms with Crippen LogP contribution in [0.3, 0.4) is 0 Å². The van der Waals surface area contributed by atoms with Gasteiger partial charge >= 0.3 is 5.97 Å². The lowest BCUT2D eigenvalue weighted by molar-refractivity contribution is -0.119. The number of aromatic carboxylic acids is 1. The molecular formula is C12H9NO4. The minimum atomic E-state index is -1.09. The number of aryl methyl sites for hydroxylation is 1. The van der Waals surface area contributed by atoms with Gasteiger partial charge in [-0.3, -0.25) is 9.59 Å². The van der Waals surface area contributed by atoms with Crippen molar-refractivity contribution in [2.24, 2.45) is 0 Å². The molecule has 1 heterocycles. The Kier molecular flexibility index (Phi) is 2.51. The Morgan fingerprint density at radius 1 is 1.18 bits per heavy atom. The van der Waals surface area contributed by atoms with Crippen molar-refractivity contribution in [1.82, 2.24) is 0 Å². The van der Waals surface area contributed by atoms with E-state index in [4.69, 9.17) is 5.11 Å². The average Bonchev–Trinajstić information content (AvgIpc) is 2.59. The number of hydrogen-bond donors (Lipinski definition) is 1. The molecule has 0 saturated carbocycles. The number of benzene rings is 1. The monoisotopic (exact) mass is 231 g/mol. The molecule has 17 heavy (non-hydrogen) atoms. The molecule has 2 amide bonds. The minimum Gasteiger partial charge on any atom is -0.478 e. The summed E-state index contributed by atoms with van der Waals surface area (Å²) in [7, 11) is 0. The molecule has 0 bridgehead atoms. The summed E-state index contributed by atoms with van der Waals surface area (Å²) >= 11 is 0. The fraction of sp³-hybridized carbons (Fsp3) is 0.0833. The summed E-state index contributed by atoms with van der Waals surface area (Å²) in [4.78, 5) is 34.7. The topological polar surface area (TPSA) is 74.7 Å². The van der Waals surface area contributed by atoms with Crippen LogP contribution < -0.4 is 4.90 Å². The zero-order valence-electron chi connectivity index (χ0n) is 9.01. The molecule has 0 atom stereocenters. The van der Waals surface area contributed by atoms with Gasteiger partial charge in [0.1, 0.15) is 0 Å². The Labute approximate surface area is 97.0 Å². The van der Waals surface area contributed by atoms with Crippen LogP contribution in [0.5, 0.6) is 0 Å². The number of anilines is 1. The van der Waals surface area contributed by atoms with Gasteiger partial charge in [-0.2, -0.15) is 0 Å². The van der Waals surface area contributed by atoms with Gasteiger partial charge < -0.3 is 5.11 Å². The van der Waals surface area contributed by atoms with E-state index >= 15 is 0 Å². The molecule has 1 aromatic rings. The summed E-state index contributed by atoms with van der Waals surface area (Å²) in [6.07, 6.45) is 2.31. The number of hydrogen-bond acceptors (Lipinski definition) is 3. The normalized spacial score (nSPS) is 14.5. The molecule has 5 nitrogen and oxygen atoms in total. The van der Waals surface area contributed by atoms with Gasteiger partial charge in [-0.1, -0.05) is 6.07 Å². The van der Waals surface area contributed by atoms with Crippen LogP contribution in [0.4, 0.5) is 5.69 Å². The molecule has 1 aliphatic rings. The minimum absolute atomic E-state index is 0.0787. The number of nitrogens with zero attached hydrogens (tertiary/aromatic N) is 1. The summed E-state index contributed by atoms with van der Waals surface area (Å²) in [6.45, 7) is 1.65. The molecule has 0 aliphatic carbocycles. The molecule has 0 radical (unpaired) electrons. The van der Waals surface area contributed by atoms with Crippen molar-refractivity contribution in [2.45, 2.75) is 6.92 Å². The molecule has 5 heteroatoms.